The predicted octanol–water partition coefficient (Wildman–Crippen LogP) is 6.62. The molecule has 5 rings (SSSR count). The highest BCUT2D eigenvalue weighted by molar-refractivity contribution is 7.89. The average Bonchev–Trinajstić information content (AvgIpc) is 3.36. The van der Waals surface area contributed by atoms with Gasteiger partial charge >= 0.3 is 5.97 Å². The molecule has 0 saturated carbocycles. The van der Waals surface area contributed by atoms with E-state index in [2.05, 4.69) is 10.0 Å². The fourth-order valence-electron chi connectivity index (χ4n) is 5.01. The van der Waals surface area contributed by atoms with E-state index in [1.165, 1.54) is 24.3 Å². The first kappa shape index (κ1) is 31.1. The van der Waals surface area contributed by atoms with Gasteiger partial charge in [0.25, 0.3) is 11.6 Å². The van der Waals surface area contributed by atoms with Crippen LogP contribution in [-0.2, 0) is 14.8 Å². The Morgan fingerprint density at radius 2 is 1.51 bits per heavy atom. The Kier molecular flexibility index (Phi) is 8.53. The van der Waals surface area contributed by atoms with E-state index >= 15 is 0 Å². The van der Waals surface area contributed by atoms with Crippen LogP contribution in [0, 0.1) is 23.0 Å². The Balaban J connectivity index is 1.33. The highest BCUT2D eigenvalue weighted by Crippen LogP contribution is 2.36. The summed E-state index contributed by atoms with van der Waals surface area (Å²) in [6, 6.07) is 23.3. The number of furan rings is 1. The number of aryl methyl sites for hydroxylation is 1. The molecular weight excluding hydrogens is 598 g/mol. The molecule has 5 aromatic rings. The summed E-state index contributed by atoms with van der Waals surface area (Å²) >= 11 is 0. The molecule has 1 atom stereocenters. The van der Waals surface area contributed by atoms with Crippen LogP contribution in [0.2, 0.25) is 0 Å². The lowest BCUT2D eigenvalue weighted by atomic mass is 9.98. The minimum atomic E-state index is -4.05. The molecule has 11 nitrogen and oxygen atoms in total. The number of aliphatic carboxylic acids is 1. The molecule has 0 saturated heterocycles. The van der Waals surface area contributed by atoms with Crippen molar-refractivity contribution >= 4 is 44.2 Å². The number of sulfonamides is 1. The Morgan fingerprint density at radius 3 is 2.11 bits per heavy atom. The molecule has 0 bridgehead atoms. The molecule has 12 heteroatoms. The van der Waals surface area contributed by atoms with Crippen molar-refractivity contribution in [1.82, 2.24) is 4.72 Å². The summed E-state index contributed by atoms with van der Waals surface area (Å²) in [5.41, 5.74) is 4.33. The summed E-state index contributed by atoms with van der Waals surface area (Å²) in [5, 5.41) is 24.1. The van der Waals surface area contributed by atoms with Crippen molar-refractivity contribution < 1.29 is 32.5 Å². The Bertz CT molecular complexity index is 2030. The molecule has 1 unspecified atom stereocenters. The van der Waals surface area contributed by atoms with Crippen molar-refractivity contribution in [3.8, 4) is 22.3 Å². The number of rotatable bonds is 10. The van der Waals surface area contributed by atoms with E-state index in [0.29, 0.717) is 38.9 Å². The molecule has 3 N–H and O–H groups in total. The number of nitro benzene ring substituents is 1. The maximum atomic E-state index is 13.2. The maximum absolute atomic E-state index is 13.2. The predicted molar refractivity (Wildman–Crippen MR) is 169 cm³/mol. The number of nitro groups is 1. The summed E-state index contributed by atoms with van der Waals surface area (Å²) in [6.45, 7) is 5.00. The molecule has 1 aromatic heterocycles. The summed E-state index contributed by atoms with van der Waals surface area (Å²) in [6.07, 6.45) is 0. The van der Waals surface area contributed by atoms with Gasteiger partial charge in [0.2, 0.25) is 10.0 Å². The Labute approximate surface area is 258 Å². The molecule has 0 spiro atoms. The van der Waals surface area contributed by atoms with E-state index in [1.807, 2.05) is 6.07 Å². The zero-order chi connectivity index (χ0) is 32.5. The van der Waals surface area contributed by atoms with Gasteiger partial charge in [-0.25, -0.2) is 8.42 Å². The van der Waals surface area contributed by atoms with Gasteiger partial charge in [-0.3, -0.25) is 19.7 Å². The fraction of sp³-hybridized carbons (Fsp3) is 0.152. The molecule has 0 fully saturated rings. The van der Waals surface area contributed by atoms with Crippen LogP contribution in [0.1, 0.15) is 30.0 Å². The molecule has 1 heterocycles. The molecule has 1 amide bonds. The second-order valence-electron chi connectivity index (χ2n) is 10.8. The number of fused-ring (bicyclic) bond motifs is 1. The van der Waals surface area contributed by atoms with E-state index in [-0.39, 0.29) is 16.3 Å². The first-order valence-electron chi connectivity index (χ1n) is 13.9. The number of carboxylic acids is 1. The Morgan fingerprint density at radius 1 is 0.889 bits per heavy atom. The van der Waals surface area contributed by atoms with Gasteiger partial charge in [0, 0.05) is 28.8 Å². The molecular formula is C33H29N3O8S. The van der Waals surface area contributed by atoms with Crippen LogP contribution in [0.3, 0.4) is 0 Å². The third-order valence-electron chi connectivity index (χ3n) is 7.38. The van der Waals surface area contributed by atoms with Gasteiger partial charge in [-0.2, -0.15) is 4.72 Å². The molecule has 0 aliphatic heterocycles. The van der Waals surface area contributed by atoms with E-state index in [0.717, 1.165) is 5.56 Å². The standard InChI is InChI=1S/C33H29N3O8S/c1-19(2)30(33(38)39)35-45(42,43)26-16-12-22(13-17-26)21-10-14-24(15-11-21)34-32(37)31-20(3)29-27(8-5-9-28(29)44-31)23-6-4-7-25(18-23)36(40)41/h4-19,30,35H,1-3H3,(H,34,37)(H,38,39). The van der Waals surface area contributed by atoms with Crippen LogP contribution >= 0.6 is 0 Å². The second kappa shape index (κ2) is 12.3. The first-order valence-corrected chi connectivity index (χ1v) is 15.4. The van der Waals surface area contributed by atoms with Gasteiger partial charge in [0.05, 0.1) is 9.82 Å². The van der Waals surface area contributed by atoms with Crippen LogP contribution < -0.4 is 10.0 Å². The van der Waals surface area contributed by atoms with Crippen molar-refractivity contribution in [3.63, 3.8) is 0 Å². The lowest BCUT2D eigenvalue weighted by molar-refractivity contribution is -0.384. The second-order valence-corrected chi connectivity index (χ2v) is 12.5. The average molecular weight is 628 g/mol. The summed E-state index contributed by atoms with van der Waals surface area (Å²) in [7, 11) is -4.05. The number of hydrogen-bond donors (Lipinski definition) is 3. The lowest BCUT2D eigenvalue weighted by Crippen LogP contribution is -2.44. The third-order valence-corrected chi connectivity index (χ3v) is 8.84. The highest BCUT2D eigenvalue weighted by Gasteiger charge is 2.28. The first-order chi connectivity index (χ1) is 21.4. The SMILES string of the molecule is Cc1c(C(=O)Nc2ccc(-c3ccc(S(=O)(=O)NC(C(=O)O)C(C)C)cc3)cc2)oc2cccc(-c3cccc([N+](=O)[O-])c3)c12. The number of nitrogens with zero attached hydrogens (tertiary/aromatic N) is 1. The number of non-ortho nitro benzene ring substituents is 1. The van der Waals surface area contributed by atoms with Crippen LogP contribution in [0.15, 0.2) is 100 Å². The van der Waals surface area contributed by atoms with Gasteiger partial charge in [0.15, 0.2) is 5.76 Å². The lowest BCUT2D eigenvalue weighted by Gasteiger charge is -2.18. The largest absolute Gasteiger partial charge is 0.480 e. The zero-order valence-electron chi connectivity index (χ0n) is 24.5. The van der Waals surface area contributed by atoms with Crippen LogP contribution in [-0.4, -0.2) is 36.4 Å². The fourth-order valence-corrected chi connectivity index (χ4v) is 6.35. The zero-order valence-corrected chi connectivity index (χ0v) is 25.3. The summed E-state index contributed by atoms with van der Waals surface area (Å²) in [4.78, 5) is 35.5. The van der Waals surface area contributed by atoms with Gasteiger partial charge in [0.1, 0.15) is 11.6 Å². The van der Waals surface area contributed by atoms with Gasteiger partial charge in [-0.1, -0.05) is 62.4 Å². The van der Waals surface area contributed by atoms with E-state index in [1.54, 1.807) is 81.4 Å². The topological polar surface area (TPSA) is 169 Å². The number of carbonyl (C=O) groups is 2. The van der Waals surface area contributed by atoms with Gasteiger partial charge < -0.3 is 14.8 Å². The minimum Gasteiger partial charge on any atom is -0.480 e. The number of amides is 1. The Hall–Kier alpha value is -5.33. The van der Waals surface area contributed by atoms with Crippen LogP contribution in [0.4, 0.5) is 11.4 Å². The highest BCUT2D eigenvalue weighted by atomic mass is 32.2. The summed E-state index contributed by atoms with van der Waals surface area (Å²) < 4.78 is 33.6. The smallest absolute Gasteiger partial charge is 0.322 e. The molecule has 0 aliphatic rings. The molecule has 0 radical (unpaired) electrons. The summed E-state index contributed by atoms with van der Waals surface area (Å²) in [5.74, 6) is -2.05. The van der Waals surface area contributed by atoms with E-state index < -0.39 is 38.8 Å². The monoisotopic (exact) mass is 627 g/mol. The maximum Gasteiger partial charge on any atom is 0.322 e. The molecule has 45 heavy (non-hydrogen) atoms. The number of carboxylic acid groups (broad SMARTS) is 1. The van der Waals surface area contributed by atoms with Crippen molar-refractivity contribution in [1.29, 1.82) is 0 Å². The van der Waals surface area contributed by atoms with Crippen molar-refractivity contribution in [2.45, 2.75) is 31.7 Å². The normalized spacial score (nSPS) is 12.3. The third kappa shape index (κ3) is 6.47. The molecule has 230 valence electrons. The van der Waals surface area contributed by atoms with Crippen molar-refractivity contribution in [2.24, 2.45) is 5.92 Å². The number of carbonyl (C=O) groups excluding carboxylic acids is 1. The number of anilines is 1. The van der Waals surface area contributed by atoms with Crippen LogP contribution in [0.25, 0.3) is 33.2 Å². The van der Waals surface area contributed by atoms with Crippen LogP contribution in [0.5, 0.6) is 0 Å². The van der Waals surface area contributed by atoms with E-state index in [9.17, 15) is 33.2 Å². The number of hydrogen-bond acceptors (Lipinski definition) is 7. The van der Waals surface area contributed by atoms with Gasteiger partial charge in [-0.15, -0.1) is 0 Å². The quantitative estimate of drug-likeness (QED) is 0.115. The van der Waals surface area contributed by atoms with Crippen molar-refractivity contribution in [3.05, 3.63) is 112 Å². The number of nitrogens with one attached hydrogen (secondary N) is 2. The van der Waals surface area contributed by atoms with Crippen molar-refractivity contribution in [2.75, 3.05) is 5.32 Å². The van der Waals surface area contributed by atoms with Gasteiger partial charge in [-0.05, 0) is 65.4 Å². The molecule has 4 aromatic carbocycles. The van der Waals surface area contributed by atoms with E-state index in [4.69, 9.17) is 4.42 Å². The molecule has 0 aliphatic carbocycles. The minimum absolute atomic E-state index is 0.0411. The number of benzene rings is 4.